The van der Waals surface area contributed by atoms with E-state index in [2.05, 4.69) is 86.7 Å². The number of hydrogen-bond acceptors (Lipinski definition) is 5. The van der Waals surface area contributed by atoms with E-state index in [0.29, 0.717) is 17.7 Å². The normalized spacial score (nSPS) is 14.8. The maximum Gasteiger partial charge on any atom is 0.321 e. The molecule has 0 aliphatic carbocycles. The number of carbonyl (C=O) groups is 1. The van der Waals surface area contributed by atoms with Crippen LogP contribution in [0.25, 0.3) is 0 Å². The first-order valence-corrected chi connectivity index (χ1v) is 12.8. The lowest BCUT2D eigenvalue weighted by molar-refractivity contribution is 0.251. The number of nitrogens with two attached hydrogens (primary N) is 1. The van der Waals surface area contributed by atoms with Gasteiger partial charge in [-0.1, -0.05) is 54.0 Å². The zero-order valence-corrected chi connectivity index (χ0v) is 21.4. The summed E-state index contributed by atoms with van der Waals surface area (Å²) in [6, 6.07) is 16.7. The van der Waals surface area contributed by atoms with Crippen molar-refractivity contribution >= 4 is 44.1 Å². The van der Waals surface area contributed by atoms with Crippen LogP contribution in [0, 0.1) is 0 Å². The van der Waals surface area contributed by atoms with E-state index in [4.69, 9.17) is 5.73 Å². The fraction of sp³-hybridized carbons (Fsp3) is 0.360. The van der Waals surface area contributed by atoms with Crippen LogP contribution in [0.4, 0.5) is 15.6 Å². The Morgan fingerprint density at radius 2 is 1.82 bits per heavy atom. The van der Waals surface area contributed by atoms with Crippen molar-refractivity contribution < 1.29 is 4.79 Å². The van der Waals surface area contributed by atoms with Crippen LogP contribution in [0.1, 0.15) is 43.5 Å². The van der Waals surface area contributed by atoms with Crippen molar-refractivity contribution in [1.29, 1.82) is 0 Å². The van der Waals surface area contributed by atoms with Gasteiger partial charge in [0.2, 0.25) is 0 Å². The number of carbonyl (C=O) groups excluding carboxylic acids is 1. The predicted octanol–water partition coefficient (Wildman–Crippen LogP) is 5.48. The first-order chi connectivity index (χ1) is 15.8. The lowest BCUT2D eigenvalue weighted by atomic mass is 9.82. The molecule has 2 aromatic carbocycles. The fourth-order valence-electron chi connectivity index (χ4n) is 3.94. The van der Waals surface area contributed by atoms with Gasteiger partial charge in [-0.25, -0.2) is 9.78 Å². The maximum absolute atomic E-state index is 12.4. The fourth-order valence-corrected chi connectivity index (χ4v) is 5.08. The molecule has 6 nitrogen and oxygen atoms in total. The van der Waals surface area contributed by atoms with Gasteiger partial charge in [0.25, 0.3) is 0 Å². The standard InChI is InChI=1S/C25H30BrN5OS/c1-25(2,18-5-7-19(26)8-6-18)22-16-33-24(29-22)30-23(32)28-15-17-3-9-21(10-4-17)31-13-11-20(27)12-14-31/h3-10,16,20H,11-15,27H2,1-2H3,(H2,28,29,30,32). The van der Waals surface area contributed by atoms with E-state index in [1.807, 2.05) is 17.5 Å². The predicted molar refractivity (Wildman–Crippen MR) is 140 cm³/mol. The van der Waals surface area contributed by atoms with Gasteiger partial charge in [-0.3, -0.25) is 5.32 Å². The van der Waals surface area contributed by atoms with Crippen molar-refractivity contribution in [2.45, 2.75) is 44.7 Å². The number of anilines is 2. The second-order valence-corrected chi connectivity index (χ2v) is 10.7. The minimum absolute atomic E-state index is 0.255. The molecule has 3 aromatic rings. The Morgan fingerprint density at radius 1 is 1.15 bits per heavy atom. The molecular formula is C25H30BrN5OS. The van der Waals surface area contributed by atoms with Crippen LogP contribution < -0.4 is 21.3 Å². The van der Waals surface area contributed by atoms with Crippen LogP contribution in [0.5, 0.6) is 0 Å². The Hall–Kier alpha value is -2.42. The molecule has 4 N–H and O–H groups in total. The van der Waals surface area contributed by atoms with E-state index in [-0.39, 0.29) is 11.4 Å². The number of rotatable bonds is 6. The maximum atomic E-state index is 12.4. The van der Waals surface area contributed by atoms with Crippen LogP contribution in [0.15, 0.2) is 58.4 Å². The molecule has 2 amide bonds. The number of hydrogen-bond donors (Lipinski definition) is 3. The largest absolute Gasteiger partial charge is 0.371 e. The molecule has 0 saturated carbocycles. The third-order valence-electron chi connectivity index (χ3n) is 6.23. The van der Waals surface area contributed by atoms with Gasteiger partial charge < -0.3 is 16.0 Å². The molecular weight excluding hydrogens is 498 g/mol. The highest BCUT2D eigenvalue weighted by Gasteiger charge is 2.26. The molecule has 0 atom stereocenters. The number of amides is 2. The lowest BCUT2D eigenvalue weighted by Crippen LogP contribution is -2.39. The number of benzene rings is 2. The van der Waals surface area contributed by atoms with Crippen LogP contribution in [-0.4, -0.2) is 30.1 Å². The zero-order chi connectivity index (χ0) is 23.4. The first kappa shape index (κ1) is 23.7. The minimum atomic E-state index is -0.258. The quantitative estimate of drug-likeness (QED) is 0.396. The van der Waals surface area contributed by atoms with E-state index >= 15 is 0 Å². The summed E-state index contributed by atoms with van der Waals surface area (Å²) in [5, 5.41) is 8.37. The smallest absolute Gasteiger partial charge is 0.321 e. The highest BCUT2D eigenvalue weighted by molar-refractivity contribution is 9.10. The molecule has 0 radical (unpaired) electrons. The van der Waals surface area contributed by atoms with E-state index in [1.165, 1.54) is 22.6 Å². The van der Waals surface area contributed by atoms with Crippen molar-refractivity contribution in [3.05, 3.63) is 75.2 Å². The minimum Gasteiger partial charge on any atom is -0.371 e. The Labute approximate surface area is 207 Å². The summed E-state index contributed by atoms with van der Waals surface area (Å²) >= 11 is 4.92. The molecule has 1 aromatic heterocycles. The summed E-state index contributed by atoms with van der Waals surface area (Å²) in [6.07, 6.45) is 2.06. The van der Waals surface area contributed by atoms with Crippen LogP contribution in [-0.2, 0) is 12.0 Å². The van der Waals surface area contributed by atoms with Crippen LogP contribution in [0.3, 0.4) is 0 Å². The third kappa shape index (κ3) is 5.93. The molecule has 1 fully saturated rings. The lowest BCUT2D eigenvalue weighted by Gasteiger charge is -2.32. The number of urea groups is 1. The molecule has 33 heavy (non-hydrogen) atoms. The van der Waals surface area contributed by atoms with Crippen LogP contribution in [0.2, 0.25) is 0 Å². The van der Waals surface area contributed by atoms with Crippen molar-refractivity contribution in [2.75, 3.05) is 23.3 Å². The number of nitrogens with one attached hydrogen (secondary N) is 2. The average molecular weight is 529 g/mol. The average Bonchev–Trinajstić information content (AvgIpc) is 3.28. The highest BCUT2D eigenvalue weighted by Crippen LogP contribution is 2.34. The topological polar surface area (TPSA) is 83.3 Å². The van der Waals surface area contributed by atoms with Crippen molar-refractivity contribution in [3.8, 4) is 0 Å². The van der Waals surface area contributed by atoms with Gasteiger partial charge in [0.15, 0.2) is 5.13 Å². The molecule has 8 heteroatoms. The summed E-state index contributed by atoms with van der Waals surface area (Å²) < 4.78 is 1.05. The SMILES string of the molecule is CC(C)(c1ccc(Br)cc1)c1csc(NC(=O)NCc2ccc(N3CCC(N)CC3)cc2)n1. The summed E-state index contributed by atoms with van der Waals surface area (Å²) in [5.41, 5.74) is 10.1. The van der Waals surface area contributed by atoms with Crippen LogP contribution >= 0.6 is 27.3 Å². The zero-order valence-electron chi connectivity index (χ0n) is 19.0. The van der Waals surface area contributed by atoms with E-state index in [9.17, 15) is 4.79 Å². The second kappa shape index (κ2) is 10.2. The molecule has 1 aliphatic rings. The Kier molecular flexibility index (Phi) is 7.36. The van der Waals surface area contributed by atoms with Crippen molar-refractivity contribution in [3.63, 3.8) is 0 Å². The molecule has 0 spiro atoms. The first-order valence-electron chi connectivity index (χ1n) is 11.2. The second-order valence-electron chi connectivity index (χ2n) is 8.97. The summed E-state index contributed by atoms with van der Waals surface area (Å²) in [6.45, 7) is 6.72. The molecule has 174 valence electrons. The van der Waals surface area contributed by atoms with Gasteiger partial charge in [-0.15, -0.1) is 11.3 Å². The van der Waals surface area contributed by atoms with Gasteiger partial charge in [-0.2, -0.15) is 0 Å². The van der Waals surface area contributed by atoms with Gasteiger partial charge in [0, 0.05) is 46.6 Å². The molecule has 1 aliphatic heterocycles. The molecule has 2 heterocycles. The monoisotopic (exact) mass is 527 g/mol. The molecule has 0 unspecified atom stereocenters. The highest BCUT2D eigenvalue weighted by atomic mass is 79.9. The number of thiazole rings is 1. The number of aromatic nitrogens is 1. The molecule has 4 rings (SSSR count). The third-order valence-corrected chi connectivity index (χ3v) is 7.51. The van der Waals surface area contributed by atoms with Crippen molar-refractivity contribution in [2.24, 2.45) is 5.73 Å². The Morgan fingerprint density at radius 3 is 2.48 bits per heavy atom. The van der Waals surface area contributed by atoms with Crippen molar-refractivity contribution in [1.82, 2.24) is 10.3 Å². The van der Waals surface area contributed by atoms with Gasteiger partial charge in [0.05, 0.1) is 5.69 Å². The van der Waals surface area contributed by atoms with E-state index in [1.54, 1.807) is 0 Å². The van der Waals surface area contributed by atoms with Gasteiger partial charge in [-0.05, 0) is 48.2 Å². The molecule has 0 bridgehead atoms. The van der Waals surface area contributed by atoms with Gasteiger partial charge >= 0.3 is 6.03 Å². The summed E-state index contributed by atoms with van der Waals surface area (Å²) in [4.78, 5) is 19.4. The van der Waals surface area contributed by atoms with E-state index < -0.39 is 0 Å². The number of piperidine rings is 1. The Bertz CT molecular complexity index is 1070. The summed E-state index contributed by atoms with van der Waals surface area (Å²) in [7, 11) is 0. The Balaban J connectivity index is 1.30. The summed E-state index contributed by atoms with van der Waals surface area (Å²) in [5.74, 6) is 0. The van der Waals surface area contributed by atoms with E-state index in [0.717, 1.165) is 41.7 Å². The van der Waals surface area contributed by atoms with Gasteiger partial charge in [0.1, 0.15) is 0 Å². The number of nitrogens with zero attached hydrogens (tertiary/aromatic N) is 2. The molecule has 1 saturated heterocycles. The number of halogens is 1.